The Hall–Kier alpha value is -1.84. The molecule has 2 aliphatic heterocycles. The van der Waals surface area contributed by atoms with E-state index in [-0.39, 0.29) is 29.7 Å². The summed E-state index contributed by atoms with van der Waals surface area (Å²) in [7, 11) is 0. The van der Waals surface area contributed by atoms with Crippen molar-refractivity contribution in [1.29, 1.82) is 0 Å². The third kappa shape index (κ3) is 3.31. The van der Waals surface area contributed by atoms with Crippen molar-refractivity contribution in [3.63, 3.8) is 0 Å². The van der Waals surface area contributed by atoms with Crippen LogP contribution in [0.15, 0.2) is 24.3 Å². The molecule has 1 aromatic carbocycles. The smallest absolute Gasteiger partial charge is 0.227 e. The Bertz CT molecular complexity index is 668. The molecule has 0 N–H and O–H groups in total. The summed E-state index contributed by atoms with van der Waals surface area (Å²) in [5.74, 6) is 0.787. The normalized spacial score (nSPS) is 26.8. The monoisotopic (exact) mass is 340 g/mol. The van der Waals surface area contributed by atoms with E-state index in [1.54, 1.807) is 0 Å². The van der Waals surface area contributed by atoms with Crippen LogP contribution >= 0.6 is 0 Å². The largest absolute Gasteiger partial charge is 0.342 e. The van der Waals surface area contributed by atoms with E-state index in [4.69, 9.17) is 0 Å². The Balaban J connectivity index is 1.47. The summed E-state index contributed by atoms with van der Waals surface area (Å²) < 4.78 is 0. The zero-order valence-electron chi connectivity index (χ0n) is 15.1. The van der Waals surface area contributed by atoms with Crippen molar-refractivity contribution >= 4 is 11.8 Å². The van der Waals surface area contributed by atoms with Crippen LogP contribution in [0.3, 0.4) is 0 Å². The van der Waals surface area contributed by atoms with Gasteiger partial charge in [0.05, 0.1) is 12.0 Å². The van der Waals surface area contributed by atoms with Gasteiger partial charge in [-0.25, -0.2) is 0 Å². The molecule has 4 heteroatoms. The predicted octanol–water partition coefficient (Wildman–Crippen LogP) is 3.31. The minimum absolute atomic E-state index is 0.0129. The van der Waals surface area contributed by atoms with E-state index in [9.17, 15) is 9.59 Å². The summed E-state index contributed by atoms with van der Waals surface area (Å²) in [4.78, 5) is 29.7. The third-order valence-corrected chi connectivity index (χ3v) is 6.09. The number of hydrogen-bond donors (Lipinski definition) is 0. The van der Waals surface area contributed by atoms with Crippen LogP contribution in [0.4, 0.5) is 0 Å². The van der Waals surface area contributed by atoms with Crippen LogP contribution < -0.4 is 0 Å². The van der Waals surface area contributed by atoms with Crippen LogP contribution in [0.25, 0.3) is 0 Å². The van der Waals surface area contributed by atoms with Crippen molar-refractivity contribution in [3.8, 4) is 0 Å². The highest BCUT2D eigenvalue weighted by Gasteiger charge is 2.39. The van der Waals surface area contributed by atoms with Crippen molar-refractivity contribution in [1.82, 2.24) is 9.80 Å². The van der Waals surface area contributed by atoms with Gasteiger partial charge < -0.3 is 9.80 Å². The molecule has 3 aliphatic rings. The van der Waals surface area contributed by atoms with Gasteiger partial charge in [-0.3, -0.25) is 9.59 Å². The van der Waals surface area contributed by atoms with Crippen LogP contribution in [0.2, 0.25) is 0 Å². The molecule has 0 aromatic heterocycles. The molecule has 1 saturated carbocycles. The quantitative estimate of drug-likeness (QED) is 0.847. The number of hydrogen-bond acceptors (Lipinski definition) is 2. The van der Waals surface area contributed by atoms with Gasteiger partial charge in [-0.05, 0) is 56.6 Å². The minimum Gasteiger partial charge on any atom is -0.342 e. The van der Waals surface area contributed by atoms with Crippen LogP contribution in [0.1, 0.15) is 55.7 Å². The lowest BCUT2D eigenvalue weighted by Gasteiger charge is -2.36. The van der Waals surface area contributed by atoms with E-state index in [1.165, 1.54) is 11.1 Å². The molecule has 0 radical (unpaired) electrons. The number of benzene rings is 1. The van der Waals surface area contributed by atoms with E-state index in [0.717, 1.165) is 51.6 Å². The second-order valence-electron chi connectivity index (χ2n) is 7.94. The Morgan fingerprint density at radius 2 is 1.68 bits per heavy atom. The van der Waals surface area contributed by atoms with Gasteiger partial charge in [0.15, 0.2) is 0 Å². The molecule has 4 rings (SSSR count). The van der Waals surface area contributed by atoms with E-state index in [0.29, 0.717) is 6.54 Å². The highest BCUT2D eigenvalue weighted by Crippen LogP contribution is 2.37. The summed E-state index contributed by atoms with van der Waals surface area (Å²) in [5.41, 5.74) is 2.55. The van der Waals surface area contributed by atoms with Gasteiger partial charge in [0.25, 0.3) is 0 Å². The van der Waals surface area contributed by atoms with Crippen LogP contribution in [-0.2, 0) is 9.59 Å². The van der Waals surface area contributed by atoms with E-state index in [2.05, 4.69) is 36.1 Å². The number of carbonyl (C=O) groups excluding carboxylic acids is 2. The molecule has 2 amide bonds. The lowest BCUT2D eigenvalue weighted by Crippen LogP contribution is -2.47. The van der Waals surface area contributed by atoms with Gasteiger partial charge in [0.1, 0.15) is 0 Å². The van der Waals surface area contributed by atoms with Crippen LogP contribution in [0, 0.1) is 18.8 Å². The Morgan fingerprint density at radius 3 is 2.44 bits per heavy atom. The predicted molar refractivity (Wildman–Crippen MR) is 96.9 cm³/mol. The van der Waals surface area contributed by atoms with E-state index >= 15 is 0 Å². The number of nitrogens with zero attached hydrogens (tertiary/aromatic N) is 2. The van der Waals surface area contributed by atoms with Crippen molar-refractivity contribution in [2.75, 3.05) is 19.6 Å². The average Bonchev–Trinajstić information content (AvgIpc) is 3.38. The number of rotatable bonds is 3. The SMILES string of the molecule is Cc1ccccc1[C@H]1CCCN1C(=O)[C@@H]1CCCN(C(=O)C2CC2)C1. The fourth-order valence-electron chi connectivity index (χ4n) is 4.52. The van der Waals surface area contributed by atoms with Gasteiger partial charge in [0.2, 0.25) is 11.8 Å². The summed E-state index contributed by atoms with van der Waals surface area (Å²) in [5, 5.41) is 0. The van der Waals surface area contributed by atoms with Crippen LogP contribution in [0.5, 0.6) is 0 Å². The lowest BCUT2D eigenvalue weighted by atomic mass is 9.94. The molecule has 2 heterocycles. The first kappa shape index (κ1) is 16.6. The van der Waals surface area contributed by atoms with Crippen molar-refractivity contribution in [2.45, 2.75) is 51.5 Å². The van der Waals surface area contributed by atoms with Gasteiger partial charge in [-0.2, -0.15) is 0 Å². The summed E-state index contributed by atoms with van der Waals surface area (Å²) in [6, 6.07) is 8.63. The van der Waals surface area contributed by atoms with Gasteiger partial charge in [0, 0.05) is 25.6 Å². The second-order valence-corrected chi connectivity index (χ2v) is 7.94. The number of piperidine rings is 1. The third-order valence-electron chi connectivity index (χ3n) is 6.09. The summed E-state index contributed by atoms with van der Waals surface area (Å²) in [6.07, 6.45) is 6.07. The fourth-order valence-corrected chi connectivity index (χ4v) is 4.52. The van der Waals surface area contributed by atoms with E-state index < -0.39 is 0 Å². The molecule has 0 unspecified atom stereocenters. The summed E-state index contributed by atoms with van der Waals surface area (Å²) in [6.45, 7) is 4.45. The maximum atomic E-state index is 13.2. The molecule has 25 heavy (non-hydrogen) atoms. The number of likely N-dealkylation sites (tertiary alicyclic amines) is 2. The van der Waals surface area contributed by atoms with Crippen molar-refractivity contribution in [2.24, 2.45) is 11.8 Å². The molecule has 1 aromatic rings. The molecule has 0 bridgehead atoms. The summed E-state index contributed by atoms with van der Waals surface area (Å²) >= 11 is 0. The molecule has 1 aliphatic carbocycles. The standard InChI is InChI=1S/C21H28N2O2/c1-15-6-2-3-8-18(15)19-9-5-13-23(19)21(25)17-7-4-12-22(14-17)20(24)16-10-11-16/h2-3,6,8,16-17,19H,4-5,7,9-14H2,1H3/t17-,19-/m1/s1. The minimum atomic E-state index is -0.0129. The second kappa shape index (κ2) is 6.81. The van der Waals surface area contributed by atoms with Crippen molar-refractivity contribution in [3.05, 3.63) is 35.4 Å². The van der Waals surface area contributed by atoms with Crippen molar-refractivity contribution < 1.29 is 9.59 Å². The van der Waals surface area contributed by atoms with Gasteiger partial charge in [-0.1, -0.05) is 24.3 Å². The number of carbonyl (C=O) groups is 2. The Kier molecular flexibility index (Phi) is 4.53. The lowest BCUT2D eigenvalue weighted by molar-refractivity contribution is -0.142. The first-order valence-electron chi connectivity index (χ1n) is 9.80. The zero-order valence-corrected chi connectivity index (χ0v) is 15.1. The van der Waals surface area contributed by atoms with E-state index in [1.807, 2.05) is 4.90 Å². The van der Waals surface area contributed by atoms with Gasteiger partial charge >= 0.3 is 0 Å². The molecule has 2 saturated heterocycles. The maximum Gasteiger partial charge on any atom is 0.227 e. The maximum absolute atomic E-state index is 13.2. The Morgan fingerprint density at radius 1 is 0.920 bits per heavy atom. The topological polar surface area (TPSA) is 40.6 Å². The molecule has 134 valence electrons. The van der Waals surface area contributed by atoms with Crippen LogP contribution in [-0.4, -0.2) is 41.2 Å². The fraction of sp³-hybridized carbons (Fsp3) is 0.619. The average molecular weight is 340 g/mol. The molecule has 2 atom stereocenters. The highest BCUT2D eigenvalue weighted by molar-refractivity contribution is 5.84. The molecular formula is C21H28N2O2. The first-order chi connectivity index (χ1) is 12.1. The number of amides is 2. The number of aryl methyl sites for hydroxylation is 1. The first-order valence-corrected chi connectivity index (χ1v) is 9.80. The molecule has 0 spiro atoms. The molecule has 3 fully saturated rings. The highest BCUT2D eigenvalue weighted by atomic mass is 16.2. The zero-order chi connectivity index (χ0) is 17.4. The molecule has 4 nitrogen and oxygen atoms in total. The molecular weight excluding hydrogens is 312 g/mol. The Labute approximate surface area is 150 Å². The van der Waals surface area contributed by atoms with Gasteiger partial charge in [-0.15, -0.1) is 0 Å².